The zero-order valence-corrected chi connectivity index (χ0v) is 6.05. The zero-order valence-electron chi connectivity index (χ0n) is 6.05. The minimum Gasteiger partial charge on any atom is -0.192 e. The van der Waals surface area contributed by atoms with Gasteiger partial charge in [0.1, 0.15) is 0 Å². The van der Waals surface area contributed by atoms with Gasteiger partial charge in [0.05, 0.1) is 0 Å². The van der Waals surface area contributed by atoms with Crippen LogP contribution in [0.15, 0.2) is 35.3 Å². The third-order valence-corrected chi connectivity index (χ3v) is 1.16. The Morgan fingerprint density at radius 3 is 2.17 bits per heavy atom. The highest BCUT2D eigenvalue weighted by Gasteiger charge is 2.24. The van der Waals surface area contributed by atoms with E-state index in [1.807, 2.05) is 0 Å². The predicted molar refractivity (Wildman–Crippen MR) is 40.1 cm³/mol. The first-order valence-electron chi connectivity index (χ1n) is 3.25. The first kappa shape index (κ1) is 8.77. The van der Waals surface area contributed by atoms with Gasteiger partial charge in [-0.15, -0.1) is 13.2 Å². The van der Waals surface area contributed by atoms with Crippen molar-refractivity contribution in [3.05, 3.63) is 35.9 Å². The fourth-order valence-electron chi connectivity index (χ4n) is 0.687. The van der Waals surface area contributed by atoms with Crippen LogP contribution in [0.3, 0.4) is 0 Å². The van der Waals surface area contributed by atoms with Crippen LogP contribution in [0.5, 0.6) is 0 Å². The van der Waals surface area contributed by atoms with E-state index in [-0.39, 0.29) is 0 Å². The molecule has 0 saturated carbocycles. The Morgan fingerprint density at radius 1 is 1.08 bits per heavy atom. The minimum absolute atomic E-state index is 0.440. The van der Waals surface area contributed by atoms with E-state index in [1.165, 1.54) is 0 Å². The summed E-state index contributed by atoms with van der Waals surface area (Å²) in [5, 5.41) is 0. The lowest BCUT2D eigenvalue weighted by Gasteiger charge is -1.96. The van der Waals surface area contributed by atoms with Gasteiger partial charge in [0.15, 0.2) is 0 Å². The summed E-state index contributed by atoms with van der Waals surface area (Å²) < 4.78 is 34.6. The highest BCUT2D eigenvalue weighted by Crippen LogP contribution is 2.15. The fraction of sp³-hybridized carbons (Fsp3) is 0.125. The van der Waals surface area contributed by atoms with E-state index in [0.29, 0.717) is 5.56 Å². The van der Waals surface area contributed by atoms with Gasteiger partial charge in [-0.2, -0.15) is 4.99 Å². The van der Waals surface area contributed by atoms with Gasteiger partial charge >= 0.3 is 6.30 Å². The SMILES string of the molecule is FC(F)(F)/N=C/c1ccccc1. The molecule has 1 rings (SSSR count). The minimum atomic E-state index is -4.48. The predicted octanol–water partition coefficient (Wildman–Crippen LogP) is 2.63. The van der Waals surface area contributed by atoms with Crippen LogP contribution in [-0.4, -0.2) is 12.5 Å². The van der Waals surface area contributed by atoms with Crippen LogP contribution in [0.25, 0.3) is 0 Å². The van der Waals surface area contributed by atoms with Crippen LogP contribution < -0.4 is 0 Å². The van der Waals surface area contributed by atoms with E-state index >= 15 is 0 Å². The Hall–Kier alpha value is -1.32. The van der Waals surface area contributed by atoms with Gasteiger partial charge in [0.25, 0.3) is 0 Å². The molecule has 0 aromatic heterocycles. The Morgan fingerprint density at radius 2 is 1.67 bits per heavy atom. The number of alkyl halides is 3. The first-order valence-corrected chi connectivity index (χ1v) is 3.25. The van der Waals surface area contributed by atoms with Crippen LogP contribution >= 0.6 is 0 Å². The molecular weight excluding hydrogens is 167 g/mol. The Balaban J connectivity index is 2.71. The van der Waals surface area contributed by atoms with Crippen molar-refractivity contribution in [1.29, 1.82) is 0 Å². The van der Waals surface area contributed by atoms with Crippen molar-refractivity contribution >= 4 is 6.21 Å². The van der Waals surface area contributed by atoms with Crippen LogP contribution in [0, 0.1) is 0 Å². The maximum atomic E-state index is 11.5. The number of nitrogens with zero attached hydrogens (tertiary/aromatic N) is 1. The summed E-state index contributed by atoms with van der Waals surface area (Å²) >= 11 is 0. The van der Waals surface area contributed by atoms with Crippen LogP contribution in [0.2, 0.25) is 0 Å². The normalized spacial score (nSPS) is 12.2. The molecule has 12 heavy (non-hydrogen) atoms. The standard InChI is InChI=1S/C8H6F3N/c9-8(10,11)12-6-7-4-2-1-3-5-7/h1-6H/b12-6+. The number of aliphatic imine (C=N–C) groups is 1. The molecule has 0 fully saturated rings. The lowest BCUT2D eigenvalue weighted by molar-refractivity contribution is -0.119. The van der Waals surface area contributed by atoms with E-state index < -0.39 is 6.30 Å². The van der Waals surface area contributed by atoms with Crippen molar-refractivity contribution in [1.82, 2.24) is 0 Å². The summed E-state index contributed by atoms with van der Waals surface area (Å²) in [4.78, 5) is 2.40. The number of hydrogen-bond acceptors (Lipinski definition) is 1. The molecule has 1 aromatic carbocycles. The number of benzene rings is 1. The molecule has 0 saturated heterocycles. The largest absolute Gasteiger partial charge is 0.503 e. The molecule has 1 aromatic rings. The summed E-state index contributed by atoms with van der Waals surface area (Å²) in [6.07, 6.45) is -3.68. The van der Waals surface area contributed by atoms with Crippen molar-refractivity contribution in [2.24, 2.45) is 4.99 Å². The van der Waals surface area contributed by atoms with Gasteiger partial charge in [-0.3, -0.25) is 0 Å². The fourth-order valence-corrected chi connectivity index (χ4v) is 0.687. The molecule has 0 aliphatic carbocycles. The second-order valence-corrected chi connectivity index (χ2v) is 2.14. The average Bonchev–Trinajstić information content (AvgIpc) is 2.02. The quantitative estimate of drug-likeness (QED) is 0.457. The maximum Gasteiger partial charge on any atom is 0.503 e. The van der Waals surface area contributed by atoms with Gasteiger partial charge in [-0.05, 0) is 5.56 Å². The number of halogens is 3. The Bertz CT molecular complexity index is 263. The third kappa shape index (κ3) is 3.18. The molecule has 0 N–H and O–H groups in total. The molecule has 0 bridgehead atoms. The van der Waals surface area contributed by atoms with Crippen LogP contribution in [0.4, 0.5) is 13.2 Å². The average molecular weight is 173 g/mol. The molecule has 0 amide bonds. The maximum absolute atomic E-state index is 11.5. The van der Waals surface area contributed by atoms with Crippen molar-refractivity contribution in [3.8, 4) is 0 Å². The molecule has 0 aliphatic rings. The lowest BCUT2D eigenvalue weighted by Crippen LogP contribution is -2.02. The van der Waals surface area contributed by atoms with Gasteiger partial charge in [0, 0.05) is 6.21 Å². The van der Waals surface area contributed by atoms with Crippen molar-refractivity contribution in [2.75, 3.05) is 0 Å². The van der Waals surface area contributed by atoms with E-state index in [1.54, 1.807) is 30.3 Å². The summed E-state index contributed by atoms with van der Waals surface area (Å²) in [6.45, 7) is 0. The number of hydrogen-bond donors (Lipinski definition) is 0. The smallest absolute Gasteiger partial charge is 0.192 e. The molecular formula is C8H6F3N. The monoisotopic (exact) mass is 173 g/mol. The Labute approximate surface area is 67.6 Å². The molecule has 0 spiro atoms. The lowest BCUT2D eigenvalue weighted by atomic mass is 10.2. The van der Waals surface area contributed by atoms with Gasteiger partial charge in [0.2, 0.25) is 0 Å². The zero-order chi connectivity index (χ0) is 9.03. The summed E-state index contributed by atoms with van der Waals surface area (Å²) in [5.41, 5.74) is 0.440. The Kier molecular flexibility index (Phi) is 2.47. The van der Waals surface area contributed by atoms with Crippen LogP contribution in [-0.2, 0) is 0 Å². The summed E-state index contributed by atoms with van der Waals surface area (Å²) in [7, 11) is 0. The van der Waals surface area contributed by atoms with Crippen molar-refractivity contribution < 1.29 is 13.2 Å². The molecule has 0 aliphatic heterocycles. The van der Waals surface area contributed by atoms with Crippen molar-refractivity contribution in [2.45, 2.75) is 6.30 Å². The van der Waals surface area contributed by atoms with E-state index in [2.05, 4.69) is 4.99 Å². The topological polar surface area (TPSA) is 12.4 Å². The summed E-state index contributed by atoms with van der Waals surface area (Å²) in [6, 6.07) is 8.13. The second kappa shape index (κ2) is 3.38. The molecule has 0 heterocycles. The van der Waals surface area contributed by atoms with Crippen molar-refractivity contribution in [3.63, 3.8) is 0 Å². The highest BCUT2D eigenvalue weighted by molar-refractivity contribution is 5.79. The van der Waals surface area contributed by atoms with E-state index in [9.17, 15) is 13.2 Å². The second-order valence-electron chi connectivity index (χ2n) is 2.14. The molecule has 4 heteroatoms. The van der Waals surface area contributed by atoms with Gasteiger partial charge in [-0.1, -0.05) is 30.3 Å². The van der Waals surface area contributed by atoms with Crippen LogP contribution in [0.1, 0.15) is 5.56 Å². The molecule has 64 valence electrons. The van der Waals surface area contributed by atoms with Gasteiger partial charge < -0.3 is 0 Å². The molecule has 0 atom stereocenters. The third-order valence-electron chi connectivity index (χ3n) is 1.16. The molecule has 0 radical (unpaired) electrons. The first-order chi connectivity index (χ1) is 5.58. The number of rotatable bonds is 1. The van der Waals surface area contributed by atoms with E-state index in [4.69, 9.17) is 0 Å². The molecule has 0 unspecified atom stereocenters. The molecule has 1 nitrogen and oxygen atoms in total. The highest BCUT2D eigenvalue weighted by atomic mass is 19.4. The van der Waals surface area contributed by atoms with Gasteiger partial charge in [-0.25, -0.2) is 0 Å². The summed E-state index contributed by atoms with van der Waals surface area (Å²) in [5.74, 6) is 0. The van der Waals surface area contributed by atoms with E-state index in [0.717, 1.165) is 6.21 Å².